The minimum Gasteiger partial charge on any atom is -0.481 e. The maximum absolute atomic E-state index is 16.0. The highest BCUT2D eigenvalue weighted by molar-refractivity contribution is 5.75. The summed E-state index contributed by atoms with van der Waals surface area (Å²) in [6, 6.07) is 7.53. The second-order valence-electron chi connectivity index (χ2n) is 12.7. The molecule has 1 aliphatic heterocycles. The van der Waals surface area contributed by atoms with Gasteiger partial charge in [0.25, 0.3) is 0 Å². The Morgan fingerprint density at radius 3 is 2.26 bits per heavy atom. The van der Waals surface area contributed by atoms with E-state index in [-0.39, 0.29) is 0 Å². The molecule has 1 saturated carbocycles. The molecular weight excluding hydrogens is 531 g/mol. The Hall–Kier alpha value is -2.02. The Balaban J connectivity index is 1.37. The van der Waals surface area contributed by atoms with Crippen LogP contribution in [0.15, 0.2) is 48.3 Å². The van der Waals surface area contributed by atoms with Gasteiger partial charge in [0.1, 0.15) is 5.83 Å². The summed E-state index contributed by atoms with van der Waals surface area (Å²) < 4.78 is 34.8. The van der Waals surface area contributed by atoms with Crippen LogP contribution in [0.4, 0.5) is 4.39 Å². The van der Waals surface area contributed by atoms with E-state index >= 15 is 4.39 Å². The highest BCUT2D eigenvalue weighted by atomic mass is 19.1. The molecule has 2 fully saturated rings. The molecule has 2 aliphatic carbocycles. The van der Waals surface area contributed by atoms with E-state index in [4.69, 9.17) is 14.2 Å². The Kier molecular flexibility index (Phi) is 13.6. The molecule has 1 heterocycles. The number of carbonyl (C=O) groups is 1. The van der Waals surface area contributed by atoms with E-state index < -0.39 is 29.6 Å². The number of carboxylic acid groups (broad SMARTS) is 1. The van der Waals surface area contributed by atoms with Gasteiger partial charge in [0, 0.05) is 23.7 Å². The molecule has 0 amide bonds. The molecule has 0 spiro atoms. The zero-order valence-corrected chi connectivity index (χ0v) is 25.7. The van der Waals surface area contributed by atoms with E-state index in [0.717, 1.165) is 37.2 Å². The summed E-state index contributed by atoms with van der Waals surface area (Å²) in [7, 11) is 0. The fourth-order valence-electron chi connectivity index (χ4n) is 6.79. The minimum absolute atomic E-state index is 0.362. The quantitative estimate of drug-likeness (QED) is 0.137. The van der Waals surface area contributed by atoms with Crippen molar-refractivity contribution in [3.63, 3.8) is 0 Å². The fraction of sp³-hybridized carbons (Fsp3) is 0.694. The number of hydrogen-bond acceptors (Lipinski definition) is 4. The van der Waals surface area contributed by atoms with Gasteiger partial charge in [0.15, 0.2) is 11.9 Å². The van der Waals surface area contributed by atoms with E-state index in [0.29, 0.717) is 31.3 Å². The van der Waals surface area contributed by atoms with E-state index in [9.17, 15) is 9.90 Å². The first-order valence-electron chi connectivity index (χ1n) is 16.8. The minimum atomic E-state index is -1.49. The van der Waals surface area contributed by atoms with Crippen LogP contribution in [0.5, 0.6) is 0 Å². The van der Waals surface area contributed by atoms with Crippen molar-refractivity contribution in [3.05, 3.63) is 59.4 Å². The van der Waals surface area contributed by atoms with Crippen LogP contribution in [-0.4, -0.2) is 30.9 Å². The third kappa shape index (κ3) is 9.24. The molecule has 1 saturated heterocycles. The first kappa shape index (κ1) is 32.9. The van der Waals surface area contributed by atoms with Crippen molar-refractivity contribution in [3.8, 4) is 0 Å². The summed E-state index contributed by atoms with van der Waals surface area (Å²) in [4.78, 5) is 11.6. The summed E-state index contributed by atoms with van der Waals surface area (Å²) >= 11 is 0. The Morgan fingerprint density at radius 1 is 0.929 bits per heavy atom. The largest absolute Gasteiger partial charge is 0.481 e. The number of unbranched alkanes of at least 4 members (excludes halogenated alkanes) is 8. The molecule has 234 valence electrons. The van der Waals surface area contributed by atoms with Crippen LogP contribution in [0.1, 0.15) is 127 Å². The number of halogens is 1. The van der Waals surface area contributed by atoms with Gasteiger partial charge in [0.05, 0.1) is 19.1 Å². The molecule has 6 heteroatoms. The second kappa shape index (κ2) is 17.3. The Morgan fingerprint density at radius 2 is 1.57 bits per heavy atom. The first-order chi connectivity index (χ1) is 20.5. The third-order valence-corrected chi connectivity index (χ3v) is 9.36. The lowest BCUT2D eigenvalue weighted by atomic mass is 9.82. The molecule has 0 bridgehead atoms. The van der Waals surface area contributed by atoms with Gasteiger partial charge in [-0.25, -0.2) is 4.39 Å². The second-order valence-corrected chi connectivity index (χ2v) is 12.7. The zero-order chi connectivity index (χ0) is 29.6. The van der Waals surface area contributed by atoms with Gasteiger partial charge in [-0.3, -0.25) is 4.79 Å². The average Bonchev–Trinajstić information content (AvgIpc) is 3.53. The van der Waals surface area contributed by atoms with Crippen LogP contribution in [-0.2, 0) is 24.6 Å². The highest BCUT2D eigenvalue weighted by Crippen LogP contribution is 2.44. The van der Waals surface area contributed by atoms with Crippen LogP contribution in [0, 0.1) is 17.8 Å². The maximum atomic E-state index is 16.0. The van der Waals surface area contributed by atoms with Crippen molar-refractivity contribution < 1.29 is 28.5 Å². The van der Waals surface area contributed by atoms with Gasteiger partial charge < -0.3 is 19.3 Å². The van der Waals surface area contributed by atoms with Crippen molar-refractivity contribution in [2.75, 3.05) is 19.8 Å². The zero-order valence-electron chi connectivity index (χ0n) is 25.7. The predicted molar refractivity (Wildman–Crippen MR) is 165 cm³/mol. The average molecular weight is 585 g/mol. The summed E-state index contributed by atoms with van der Waals surface area (Å²) in [5.74, 6) is -1.43. The molecule has 2 atom stereocenters. The number of aliphatic carboxylic acids is 1. The van der Waals surface area contributed by atoms with Crippen molar-refractivity contribution >= 4 is 5.97 Å². The van der Waals surface area contributed by atoms with Crippen LogP contribution in [0.25, 0.3) is 0 Å². The van der Waals surface area contributed by atoms with Crippen molar-refractivity contribution in [1.82, 2.24) is 0 Å². The summed E-state index contributed by atoms with van der Waals surface area (Å²) in [5.41, 5.74) is -0.150. The van der Waals surface area contributed by atoms with Crippen LogP contribution >= 0.6 is 0 Å². The molecule has 1 N–H and O–H groups in total. The topological polar surface area (TPSA) is 65.0 Å². The molecule has 0 aromatic heterocycles. The number of benzene rings is 1. The van der Waals surface area contributed by atoms with E-state index in [1.54, 1.807) is 6.08 Å². The molecule has 5 nitrogen and oxygen atoms in total. The SMILES string of the molecule is CCCCCCCC[C@H]1CO[C@H](c2ccccc2C2(OCCCCCCC3CCCC3)C=CC(C(=O)O)C=C2F)OC1. The summed E-state index contributed by atoms with van der Waals surface area (Å²) in [6.07, 6.45) is 23.5. The lowest BCUT2D eigenvalue weighted by Gasteiger charge is -2.37. The highest BCUT2D eigenvalue weighted by Gasteiger charge is 2.42. The van der Waals surface area contributed by atoms with Gasteiger partial charge in [-0.05, 0) is 30.9 Å². The molecule has 4 rings (SSSR count). The van der Waals surface area contributed by atoms with Crippen LogP contribution < -0.4 is 0 Å². The molecule has 1 aromatic rings. The summed E-state index contributed by atoms with van der Waals surface area (Å²) in [5, 5.41) is 9.53. The monoisotopic (exact) mass is 584 g/mol. The van der Waals surface area contributed by atoms with Crippen molar-refractivity contribution in [1.29, 1.82) is 0 Å². The van der Waals surface area contributed by atoms with E-state index in [1.165, 1.54) is 89.2 Å². The van der Waals surface area contributed by atoms with Gasteiger partial charge in [-0.15, -0.1) is 0 Å². The Bertz CT molecular complexity index is 1010. The predicted octanol–water partition coefficient (Wildman–Crippen LogP) is 9.58. The standard InChI is InChI=1S/C36H53FO5/c1-2-3-4-5-6-10-19-29-26-40-35(41-27-29)31-20-13-14-21-32(31)36(23-22-30(34(38)39)25-33(36)37)42-24-15-8-7-9-16-28-17-11-12-18-28/h13-14,20-23,25,28-30,35H,2-12,15-19,24,26-27H2,1H3,(H,38,39)/t29-,30?,35-,36?. The van der Waals surface area contributed by atoms with Crippen molar-refractivity contribution in [2.45, 2.75) is 122 Å². The Labute approximate surface area is 252 Å². The third-order valence-electron chi connectivity index (χ3n) is 9.36. The lowest BCUT2D eigenvalue weighted by Crippen LogP contribution is -2.35. The number of hydrogen-bond donors (Lipinski definition) is 1. The van der Waals surface area contributed by atoms with Crippen LogP contribution in [0.2, 0.25) is 0 Å². The molecule has 3 aliphatic rings. The van der Waals surface area contributed by atoms with Gasteiger partial charge in [0.2, 0.25) is 0 Å². The van der Waals surface area contributed by atoms with E-state index in [2.05, 4.69) is 6.92 Å². The fourth-order valence-corrected chi connectivity index (χ4v) is 6.79. The van der Waals surface area contributed by atoms with Gasteiger partial charge in [-0.2, -0.15) is 0 Å². The number of rotatable bonds is 18. The van der Waals surface area contributed by atoms with Crippen molar-refractivity contribution in [2.24, 2.45) is 17.8 Å². The number of carboxylic acids is 1. The lowest BCUT2D eigenvalue weighted by molar-refractivity contribution is -0.207. The van der Waals surface area contributed by atoms with Gasteiger partial charge >= 0.3 is 5.97 Å². The smallest absolute Gasteiger partial charge is 0.314 e. The van der Waals surface area contributed by atoms with Gasteiger partial charge in [-0.1, -0.05) is 127 Å². The van der Waals surface area contributed by atoms with Crippen LogP contribution in [0.3, 0.4) is 0 Å². The first-order valence-corrected chi connectivity index (χ1v) is 16.8. The maximum Gasteiger partial charge on any atom is 0.314 e. The summed E-state index contributed by atoms with van der Waals surface area (Å²) in [6.45, 7) is 3.84. The molecule has 2 unspecified atom stereocenters. The normalized spacial score (nSPS) is 26.4. The molecule has 42 heavy (non-hydrogen) atoms. The molecular formula is C36H53FO5. The van der Waals surface area contributed by atoms with E-state index in [1.807, 2.05) is 24.3 Å². The molecule has 0 radical (unpaired) electrons. The molecule has 1 aromatic carbocycles. The number of ether oxygens (including phenoxy) is 3.